The Morgan fingerprint density at radius 1 is 0.902 bits per heavy atom. The fraction of sp³-hybridized carbons (Fsp3) is 0.351. The zero-order valence-corrected chi connectivity index (χ0v) is 27.6. The van der Waals surface area contributed by atoms with Gasteiger partial charge in [-0.25, -0.2) is 4.98 Å². The number of aliphatic hydroxyl groups is 2. The first-order valence-corrected chi connectivity index (χ1v) is 17.0. The first-order chi connectivity index (χ1) is 24.6. The molecule has 51 heavy (non-hydrogen) atoms. The molecule has 0 bridgehead atoms. The number of nitrogens with zero attached hydrogens (tertiary/aromatic N) is 5. The molecule has 3 aromatic carbocycles. The van der Waals surface area contributed by atoms with E-state index in [4.69, 9.17) is 9.97 Å². The number of rotatable bonds is 11. The average Bonchev–Trinajstić information content (AvgIpc) is 3.83. The van der Waals surface area contributed by atoms with Gasteiger partial charge in [-0.1, -0.05) is 91.0 Å². The lowest BCUT2D eigenvalue weighted by Gasteiger charge is -2.21. The van der Waals surface area contributed by atoms with Crippen LogP contribution in [0.2, 0.25) is 0 Å². The molecule has 5 aromatic rings. The summed E-state index contributed by atoms with van der Waals surface area (Å²) in [4.78, 5) is 28.3. The quantitative estimate of drug-likeness (QED) is 0.135. The number of hydrogen-bond donors (Lipinski definition) is 5. The topological polar surface area (TPSA) is 140 Å². The predicted molar refractivity (Wildman–Crippen MR) is 186 cm³/mol. The maximum Gasteiger partial charge on any atom is 0.471 e. The molecule has 1 saturated heterocycles. The lowest BCUT2D eigenvalue weighted by Crippen LogP contribution is -2.48. The molecule has 1 saturated carbocycles. The van der Waals surface area contributed by atoms with Crippen molar-refractivity contribution >= 4 is 28.8 Å². The van der Waals surface area contributed by atoms with Gasteiger partial charge in [-0.05, 0) is 29.5 Å². The van der Waals surface area contributed by atoms with E-state index in [1.54, 1.807) is 4.57 Å². The second-order valence-corrected chi connectivity index (χ2v) is 13.2. The second kappa shape index (κ2) is 14.7. The number of aliphatic hydroxyl groups excluding tert-OH is 2. The summed E-state index contributed by atoms with van der Waals surface area (Å²) in [5, 5.41) is 30.5. The van der Waals surface area contributed by atoms with Crippen molar-refractivity contribution in [2.75, 3.05) is 30.3 Å². The van der Waals surface area contributed by atoms with Crippen molar-refractivity contribution in [3.8, 4) is 0 Å². The van der Waals surface area contributed by atoms with Gasteiger partial charge in [0.05, 0.1) is 18.4 Å². The van der Waals surface area contributed by atoms with Gasteiger partial charge in [-0.15, -0.1) is 0 Å². The Labute approximate surface area is 292 Å². The highest BCUT2D eigenvalue weighted by Crippen LogP contribution is 2.35. The number of benzene rings is 3. The highest BCUT2D eigenvalue weighted by Gasteiger charge is 2.47. The SMILES string of the molecule is O=C(N[C@H]1C[C@@H](n2cnc3c(NCC(c4ccccc4)c4ccccc4)nc(N[C@@H]4CCN(Cc5ccccc5)C4)nc32)[C@H](O)[C@@H]1O)C(F)(F)F. The van der Waals surface area contributed by atoms with E-state index in [0.717, 1.165) is 37.2 Å². The molecule has 5 N–H and O–H groups in total. The number of nitrogens with one attached hydrogen (secondary N) is 3. The number of amides is 1. The summed E-state index contributed by atoms with van der Waals surface area (Å²) in [7, 11) is 0. The van der Waals surface area contributed by atoms with Crippen LogP contribution in [-0.2, 0) is 11.3 Å². The maximum atomic E-state index is 13.0. The number of alkyl halides is 3. The van der Waals surface area contributed by atoms with Gasteiger partial charge < -0.3 is 30.7 Å². The minimum absolute atomic E-state index is 0.0395. The summed E-state index contributed by atoms with van der Waals surface area (Å²) >= 11 is 0. The molecule has 0 radical (unpaired) electrons. The van der Waals surface area contributed by atoms with Gasteiger partial charge in [-0.2, -0.15) is 23.1 Å². The van der Waals surface area contributed by atoms with E-state index in [1.165, 1.54) is 11.9 Å². The monoisotopic (exact) mass is 700 g/mol. The fourth-order valence-corrected chi connectivity index (χ4v) is 7.14. The minimum Gasteiger partial charge on any atom is -0.388 e. The van der Waals surface area contributed by atoms with Crippen molar-refractivity contribution in [3.05, 3.63) is 114 Å². The molecule has 2 fully saturated rings. The van der Waals surface area contributed by atoms with Crippen LogP contribution in [0.15, 0.2) is 97.3 Å². The Bertz CT molecular complexity index is 1890. The number of anilines is 2. The van der Waals surface area contributed by atoms with E-state index in [1.807, 2.05) is 59.9 Å². The van der Waals surface area contributed by atoms with Crippen molar-refractivity contribution in [2.24, 2.45) is 0 Å². The number of carbonyl (C=O) groups is 1. The first-order valence-electron chi connectivity index (χ1n) is 17.0. The summed E-state index contributed by atoms with van der Waals surface area (Å²) in [5.41, 5.74) is 4.14. The Morgan fingerprint density at radius 3 is 2.20 bits per heavy atom. The van der Waals surface area contributed by atoms with Gasteiger partial charge in [0.1, 0.15) is 12.2 Å². The van der Waals surface area contributed by atoms with Crippen LogP contribution >= 0.6 is 0 Å². The fourth-order valence-electron chi connectivity index (χ4n) is 7.14. The average molecular weight is 701 g/mol. The van der Waals surface area contributed by atoms with Gasteiger partial charge in [0, 0.05) is 38.1 Å². The van der Waals surface area contributed by atoms with E-state index in [9.17, 15) is 28.2 Å². The molecule has 11 nitrogen and oxygen atoms in total. The van der Waals surface area contributed by atoms with E-state index >= 15 is 0 Å². The van der Waals surface area contributed by atoms with Crippen LogP contribution in [0.25, 0.3) is 11.2 Å². The number of aromatic nitrogens is 4. The van der Waals surface area contributed by atoms with Crippen LogP contribution in [0.3, 0.4) is 0 Å². The Kier molecular flexibility index (Phi) is 9.89. The number of imidazole rings is 1. The molecule has 2 aromatic heterocycles. The highest BCUT2D eigenvalue weighted by molar-refractivity contribution is 5.85. The molecule has 1 aliphatic heterocycles. The number of fused-ring (bicyclic) bond motifs is 1. The molecular weight excluding hydrogens is 661 g/mol. The van der Waals surface area contributed by atoms with Gasteiger partial charge in [0.2, 0.25) is 5.95 Å². The molecule has 266 valence electrons. The molecule has 0 unspecified atom stereocenters. The Morgan fingerprint density at radius 2 is 1.55 bits per heavy atom. The van der Waals surface area contributed by atoms with Crippen molar-refractivity contribution in [1.29, 1.82) is 0 Å². The molecule has 1 aliphatic carbocycles. The van der Waals surface area contributed by atoms with E-state index in [-0.39, 0.29) is 18.4 Å². The lowest BCUT2D eigenvalue weighted by molar-refractivity contribution is -0.175. The van der Waals surface area contributed by atoms with Crippen LogP contribution in [-0.4, -0.2) is 90.6 Å². The van der Waals surface area contributed by atoms with Gasteiger partial charge in [0.15, 0.2) is 17.0 Å². The number of hydrogen-bond acceptors (Lipinski definition) is 9. The van der Waals surface area contributed by atoms with E-state index < -0.39 is 36.4 Å². The second-order valence-electron chi connectivity index (χ2n) is 13.2. The molecule has 2 aliphatic rings. The smallest absolute Gasteiger partial charge is 0.388 e. The summed E-state index contributed by atoms with van der Waals surface area (Å²) in [5.74, 6) is -1.46. The molecule has 0 spiro atoms. The van der Waals surface area contributed by atoms with Gasteiger partial charge >= 0.3 is 12.1 Å². The van der Waals surface area contributed by atoms with Gasteiger partial charge in [0.25, 0.3) is 0 Å². The zero-order chi connectivity index (χ0) is 35.5. The van der Waals surface area contributed by atoms with Crippen molar-refractivity contribution in [3.63, 3.8) is 0 Å². The molecule has 5 atom stereocenters. The number of halogens is 3. The number of carbonyl (C=O) groups excluding carboxylic acids is 1. The van der Waals surface area contributed by atoms with E-state index in [0.29, 0.717) is 29.5 Å². The minimum atomic E-state index is -5.13. The molecule has 14 heteroatoms. The van der Waals surface area contributed by atoms with Crippen LogP contribution in [0, 0.1) is 0 Å². The van der Waals surface area contributed by atoms with Crippen LogP contribution in [0.1, 0.15) is 41.5 Å². The highest BCUT2D eigenvalue weighted by atomic mass is 19.4. The van der Waals surface area contributed by atoms with Crippen LogP contribution < -0.4 is 16.0 Å². The van der Waals surface area contributed by atoms with Crippen molar-refractivity contribution < 1.29 is 28.2 Å². The molecule has 7 rings (SSSR count). The molecule has 1 amide bonds. The summed E-state index contributed by atoms with van der Waals surface area (Å²) in [6.45, 7) is 2.91. The van der Waals surface area contributed by atoms with Gasteiger partial charge in [-0.3, -0.25) is 9.69 Å². The third-order valence-corrected chi connectivity index (χ3v) is 9.74. The first kappa shape index (κ1) is 34.4. The third kappa shape index (κ3) is 7.67. The normalized spacial score (nSPS) is 22.4. The molecule has 3 heterocycles. The molecular formula is C37H39F3N8O3. The summed E-state index contributed by atoms with van der Waals surface area (Å²) in [6.07, 6.45) is -6.15. The Balaban J connectivity index is 1.19. The largest absolute Gasteiger partial charge is 0.471 e. The van der Waals surface area contributed by atoms with E-state index in [2.05, 4.69) is 56.9 Å². The van der Waals surface area contributed by atoms with Crippen molar-refractivity contribution in [2.45, 2.75) is 61.8 Å². The standard InChI is InChI=1S/C37H39F3N8O3/c38-37(39,40)35(51)44-28-18-29(32(50)31(28)49)48-22-42-30-33(41-19-27(24-12-6-2-7-13-24)25-14-8-3-9-15-25)45-36(46-34(30)48)43-26-16-17-47(21-26)20-23-10-4-1-5-11-23/h1-15,22,26-29,31-32,49-50H,16-21H2,(H,44,51)(H2,41,43,45,46)/t26-,28+,29-,31-,32+/m1/s1. The maximum absolute atomic E-state index is 13.0. The summed E-state index contributed by atoms with van der Waals surface area (Å²) in [6, 6.07) is 28.2. The third-order valence-electron chi connectivity index (χ3n) is 9.74. The van der Waals surface area contributed by atoms with Crippen LogP contribution in [0.5, 0.6) is 0 Å². The summed E-state index contributed by atoms with van der Waals surface area (Å²) < 4.78 is 40.7. The van der Waals surface area contributed by atoms with Crippen molar-refractivity contribution in [1.82, 2.24) is 29.7 Å². The Hall–Kier alpha value is -5.05. The predicted octanol–water partition coefficient (Wildman–Crippen LogP) is 4.47. The van der Waals surface area contributed by atoms with Crippen LogP contribution in [0.4, 0.5) is 24.9 Å². The lowest BCUT2D eigenvalue weighted by atomic mass is 9.91. The number of likely N-dealkylation sites (tertiary alicyclic amines) is 1. The zero-order valence-electron chi connectivity index (χ0n) is 27.6.